The summed E-state index contributed by atoms with van der Waals surface area (Å²) >= 11 is 0. The number of ether oxygens (including phenoxy) is 1. The smallest absolute Gasteiger partial charge is 0.225 e. The van der Waals surface area contributed by atoms with Crippen LogP contribution in [-0.4, -0.2) is 32.6 Å². The molecule has 0 radical (unpaired) electrons. The molecule has 0 unspecified atom stereocenters. The Labute approximate surface area is 155 Å². The first-order chi connectivity index (χ1) is 12.2. The molecular formula is C19H26N2O4S. The van der Waals surface area contributed by atoms with Crippen molar-refractivity contribution in [2.24, 2.45) is 0 Å². The van der Waals surface area contributed by atoms with Crippen LogP contribution in [0.25, 0.3) is 0 Å². The molecule has 0 bridgehead atoms. The summed E-state index contributed by atoms with van der Waals surface area (Å²) in [6.07, 6.45) is 0.261. The van der Waals surface area contributed by atoms with Gasteiger partial charge < -0.3 is 14.6 Å². The number of aryl methyl sites for hydroxylation is 1. The van der Waals surface area contributed by atoms with Gasteiger partial charge in [-0.1, -0.05) is 24.6 Å². The summed E-state index contributed by atoms with van der Waals surface area (Å²) in [5, 5.41) is 2.78. The van der Waals surface area contributed by atoms with Crippen molar-refractivity contribution in [2.45, 2.75) is 50.5 Å². The molecule has 1 aromatic carbocycles. The third kappa shape index (κ3) is 3.83. The van der Waals surface area contributed by atoms with Crippen molar-refractivity contribution in [2.75, 3.05) is 19.0 Å². The van der Waals surface area contributed by atoms with Gasteiger partial charge in [0.05, 0.1) is 11.5 Å². The number of amides is 1. The van der Waals surface area contributed by atoms with Crippen LogP contribution in [0.3, 0.4) is 0 Å². The predicted octanol–water partition coefficient (Wildman–Crippen LogP) is 3.24. The Morgan fingerprint density at radius 2 is 1.77 bits per heavy atom. The molecular weight excluding hydrogens is 352 g/mol. The van der Waals surface area contributed by atoms with E-state index in [-0.39, 0.29) is 22.1 Å². The molecule has 0 aliphatic heterocycles. The minimum Gasteiger partial charge on any atom is -0.383 e. The number of anilines is 1. The number of nitrogens with one attached hydrogen (secondary N) is 1. The monoisotopic (exact) mass is 378 g/mol. The molecule has 1 N–H and O–H groups in total. The maximum Gasteiger partial charge on any atom is 0.225 e. The van der Waals surface area contributed by atoms with E-state index in [1.807, 2.05) is 13.8 Å². The van der Waals surface area contributed by atoms with Crippen molar-refractivity contribution < 1.29 is 17.9 Å². The largest absolute Gasteiger partial charge is 0.383 e. The molecule has 1 aromatic heterocycles. The molecule has 7 heteroatoms. The Bertz CT molecular complexity index is 897. The third-order valence-electron chi connectivity index (χ3n) is 4.47. The van der Waals surface area contributed by atoms with Gasteiger partial charge in [-0.05, 0) is 38.5 Å². The van der Waals surface area contributed by atoms with Crippen LogP contribution in [-0.2, 0) is 25.9 Å². The number of sulfone groups is 1. The van der Waals surface area contributed by atoms with Crippen LogP contribution < -0.4 is 5.32 Å². The summed E-state index contributed by atoms with van der Waals surface area (Å²) in [4.78, 5) is 12.4. The number of methoxy groups -OCH3 is 1. The molecule has 2 rings (SSSR count). The minimum atomic E-state index is -3.77. The summed E-state index contributed by atoms with van der Waals surface area (Å²) in [7, 11) is -2.19. The predicted molar refractivity (Wildman–Crippen MR) is 101 cm³/mol. The van der Waals surface area contributed by atoms with E-state index in [0.717, 1.165) is 11.3 Å². The number of carbonyl (C=O) groups excluding carboxylic acids is 1. The quantitative estimate of drug-likeness (QED) is 0.802. The van der Waals surface area contributed by atoms with Crippen LogP contribution in [0, 0.1) is 20.8 Å². The van der Waals surface area contributed by atoms with Crippen molar-refractivity contribution in [1.82, 2.24) is 4.57 Å². The summed E-state index contributed by atoms with van der Waals surface area (Å²) in [5.74, 6) is 0.0750. The topological polar surface area (TPSA) is 77.4 Å². The number of nitrogens with zero attached hydrogens (tertiary/aromatic N) is 1. The molecule has 0 aliphatic carbocycles. The first kappa shape index (κ1) is 20.2. The Kier molecular flexibility index (Phi) is 6.26. The Morgan fingerprint density at radius 1 is 1.15 bits per heavy atom. The van der Waals surface area contributed by atoms with Crippen molar-refractivity contribution in [1.29, 1.82) is 0 Å². The molecule has 0 atom stereocenters. The number of benzene rings is 1. The zero-order valence-electron chi connectivity index (χ0n) is 15.9. The highest BCUT2D eigenvalue weighted by Gasteiger charge is 2.30. The van der Waals surface area contributed by atoms with E-state index in [2.05, 4.69) is 5.32 Å². The lowest BCUT2D eigenvalue weighted by Crippen LogP contribution is -2.18. The highest BCUT2D eigenvalue weighted by molar-refractivity contribution is 7.91. The molecule has 1 heterocycles. The van der Waals surface area contributed by atoms with Gasteiger partial charge >= 0.3 is 0 Å². The van der Waals surface area contributed by atoms with E-state index >= 15 is 0 Å². The van der Waals surface area contributed by atoms with Crippen molar-refractivity contribution in [3.63, 3.8) is 0 Å². The first-order valence-electron chi connectivity index (χ1n) is 8.54. The fourth-order valence-corrected chi connectivity index (χ4v) is 4.50. The van der Waals surface area contributed by atoms with Crippen molar-refractivity contribution in [3.05, 3.63) is 41.1 Å². The van der Waals surface area contributed by atoms with E-state index in [4.69, 9.17) is 4.74 Å². The van der Waals surface area contributed by atoms with Crippen molar-refractivity contribution >= 4 is 21.6 Å². The van der Waals surface area contributed by atoms with E-state index < -0.39 is 9.84 Å². The maximum atomic E-state index is 13.3. The number of rotatable bonds is 7. The molecule has 26 heavy (non-hydrogen) atoms. The minimum absolute atomic E-state index is 0.150. The first-order valence-corrected chi connectivity index (χ1v) is 10.0. The lowest BCUT2D eigenvalue weighted by molar-refractivity contribution is -0.115. The maximum absolute atomic E-state index is 13.3. The molecule has 0 saturated carbocycles. The Hall–Kier alpha value is -2.12. The molecule has 0 spiro atoms. The van der Waals surface area contributed by atoms with Gasteiger partial charge in [-0.2, -0.15) is 0 Å². The summed E-state index contributed by atoms with van der Waals surface area (Å²) in [5.41, 5.74) is 2.40. The number of hydrogen-bond acceptors (Lipinski definition) is 4. The highest BCUT2D eigenvalue weighted by Crippen LogP contribution is 2.35. The Morgan fingerprint density at radius 3 is 2.31 bits per heavy atom. The van der Waals surface area contributed by atoms with Gasteiger partial charge in [0, 0.05) is 25.8 Å². The summed E-state index contributed by atoms with van der Waals surface area (Å²) in [6, 6.07) is 6.72. The SMILES string of the molecule is CCC(=O)Nc1c(S(=O)(=O)c2ccc(C)cc2)c(C)c(C)n1CCOC. The normalized spacial score (nSPS) is 11.6. The molecule has 142 valence electrons. The van der Waals surface area contributed by atoms with E-state index in [1.165, 1.54) is 0 Å². The van der Waals surface area contributed by atoms with E-state index in [1.54, 1.807) is 49.8 Å². The number of aromatic nitrogens is 1. The summed E-state index contributed by atoms with van der Waals surface area (Å²) in [6.45, 7) is 8.10. The average molecular weight is 378 g/mol. The van der Waals surface area contributed by atoms with Crippen molar-refractivity contribution in [3.8, 4) is 0 Å². The lowest BCUT2D eigenvalue weighted by atomic mass is 10.2. The van der Waals surface area contributed by atoms with Crippen LogP contribution in [0.2, 0.25) is 0 Å². The lowest BCUT2D eigenvalue weighted by Gasteiger charge is -2.14. The number of hydrogen-bond donors (Lipinski definition) is 1. The molecule has 2 aromatic rings. The highest BCUT2D eigenvalue weighted by atomic mass is 32.2. The van der Waals surface area contributed by atoms with Gasteiger partial charge in [-0.15, -0.1) is 0 Å². The fourth-order valence-electron chi connectivity index (χ4n) is 2.81. The number of carbonyl (C=O) groups is 1. The second-order valence-corrected chi connectivity index (χ2v) is 8.14. The van der Waals surface area contributed by atoms with Crippen LogP contribution in [0.4, 0.5) is 5.82 Å². The van der Waals surface area contributed by atoms with Gasteiger partial charge in [-0.25, -0.2) is 8.42 Å². The standard InChI is InChI=1S/C19H26N2O4S/c1-6-17(22)20-19-18(14(3)15(4)21(19)11-12-25-5)26(23,24)16-9-7-13(2)8-10-16/h7-10H,6,11-12H2,1-5H3,(H,20,22). The van der Waals surface area contributed by atoms with Gasteiger partial charge in [0.25, 0.3) is 0 Å². The molecule has 0 fully saturated rings. The van der Waals surface area contributed by atoms with Gasteiger partial charge in [0.1, 0.15) is 10.7 Å². The van der Waals surface area contributed by atoms with E-state index in [0.29, 0.717) is 24.5 Å². The Balaban J connectivity index is 2.69. The van der Waals surface area contributed by atoms with E-state index in [9.17, 15) is 13.2 Å². The van der Waals surface area contributed by atoms with Crippen LogP contribution in [0.5, 0.6) is 0 Å². The molecule has 0 saturated heterocycles. The second kappa shape index (κ2) is 8.05. The van der Waals surface area contributed by atoms with Crippen LogP contribution in [0.1, 0.15) is 30.2 Å². The third-order valence-corrected chi connectivity index (χ3v) is 6.40. The molecule has 6 nitrogen and oxygen atoms in total. The zero-order valence-corrected chi connectivity index (χ0v) is 16.7. The summed E-state index contributed by atoms with van der Waals surface area (Å²) < 4.78 is 33.5. The second-order valence-electron chi connectivity index (χ2n) is 6.25. The van der Waals surface area contributed by atoms with Gasteiger partial charge in [0.15, 0.2) is 0 Å². The van der Waals surface area contributed by atoms with Crippen LogP contribution >= 0.6 is 0 Å². The fraction of sp³-hybridized carbons (Fsp3) is 0.421. The zero-order chi connectivity index (χ0) is 19.5. The van der Waals surface area contributed by atoms with Crippen LogP contribution in [0.15, 0.2) is 34.1 Å². The average Bonchev–Trinajstić information content (AvgIpc) is 2.84. The molecule has 1 amide bonds. The molecule has 0 aliphatic rings. The van der Waals surface area contributed by atoms with Gasteiger partial charge in [-0.3, -0.25) is 4.79 Å². The van der Waals surface area contributed by atoms with Gasteiger partial charge in [0.2, 0.25) is 15.7 Å².